The second kappa shape index (κ2) is 6.78. The van der Waals surface area contributed by atoms with Crippen LogP contribution in [0.1, 0.15) is 47.2 Å². The van der Waals surface area contributed by atoms with Crippen molar-refractivity contribution in [3.63, 3.8) is 0 Å². The van der Waals surface area contributed by atoms with Crippen LogP contribution in [-0.2, 0) is 19.7 Å². The van der Waals surface area contributed by atoms with Crippen molar-refractivity contribution >= 4 is 11.9 Å². The molecule has 144 valence electrons. The number of nitrogens with zero attached hydrogens (tertiary/aromatic N) is 2. The van der Waals surface area contributed by atoms with Crippen LogP contribution in [0.25, 0.3) is 0 Å². The summed E-state index contributed by atoms with van der Waals surface area (Å²) in [4.78, 5) is 21.2. The Morgan fingerprint density at radius 1 is 1.08 bits per heavy atom. The van der Waals surface area contributed by atoms with Gasteiger partial charge in [-0.25, -0.2) is 9.97 Å². The molecule has 2 N–H and O–H groups in total. The van der Waals surface area contributed by atoms with Crippen molar-refractivity contribution in [3.05, 3.63) is 18.0 Å². The molecule has 4 atom stereocenters. The molecule has 1 aromatic heterocycles. The van der Waals surface area contributed by atoms with Crippen LogP contribution in [0, 0.1) is 5.41 Å². The molecule has 0 unspecified atom stereocenters. The van der Waals surface area contributed by atoms with E-state index in [1.54, 1.807) is 6.20 Å². The Kier molecular flexibility index (Phi) is 4.96. The van der Waals surface area contributed by atoms with Crippen LogP contribution in [0.5, 0.6) is 0 Å². The van der Waals surface area contributed by atoms with Gasteiger partial charge in [-0.15, -0.1) is 0 Å². The average Bonchev–Trinajstić information content (AvgIpc) is 3.10. The highest BCUT2D eigenvalue weighted by Crippen LogP contribution is 2.29. The molecule has 1 amide bonds. The van der Waals surface area contributed by atoms with E-state index in [1.807, 2.05) is 26.8 Å². The molecule has 1 aromatic rings. The fourth-order valence-corrected chi connectivity index (χ4v) is 3.14. The Hall–Kier alpha value is -1.73. The molecule has 0 bridgehead atoms. The van der Waals surface area contributed by atoms with E-state index in [0.29, 0.717) is 19.2 Å². The standard InChI is InChI=1S/C19H30N4O3/c1-18(2,3)13-7-8-20-17(23-13)22-12-10-26-14-11(9-25-15(12)14)21-16(24)19(4,5)6/h7-8,11-12,14-15H,9-10H2,1-6H3,(H,21,24)(H,20,22,23)/t11-,12-,14+,15+/m0/s1. The van der Waals surface area contributed by atoms with Gasteiger partial charge in [0, 0.05) is 17.0 Å². The maximum atomic E-state index is 12.3. The fraction of sp³-hybridized carbons (Fsp3) is 0.737. The number of carbonyl (C=O) groups is 1. The van der Waals surface area contributed by atoms with Gasteiger partial charge in [-0.2, -0.15) is 0 Å². The highest BCUT2D eigenvalue weighted by Gasteiger charge is 2.49. The van der Waals surface area contributed by atoms with Gasteiger partial charge in [-0.05, 0) is 6.07 Å². The molecule has 26 heavy (non-hydrogen) atoms. The van der Waals surface area contributed by atoms with E-state index in [4.69, 9.17) is 9.47 Å². The maximum Gasteiger partial charge on any atom is 0.225 e. The number of anilines is 1. The van der Waals surface area contributed by atoms with E-state index in [0.717, 1.165) is 5.69 Å². The summed E-state index contributed by atoms with van der Waals surface area (Å²) in [6.07, 6.45) is 1.50. The van der Waals surface area contributed by atoms with Gasteiger partial charge < -0.3 is 20.1 Å². The highest BCUT2D eigenvalue weighted by molar-refractivity contribution is 5.81. The summed E-state index contributed by atoms with van der Waals surface area (Å²) in [6.45, 7) is 13.0. The van der Waals surface area contributed by atoms with Crippen molar-refractivity contribution in [2.24, 2.45) is 5.41 Å². The third-order valence-electron chi connectivity index (χ3n) is 4.79. The van der Waals surface area contributed by atoms with Gasteiger partial charge in [0.2, 0.25) is 11.9 Å². The van der Waals surface area contributed by atoms with E-state index < -0.39 is 5.41 Å². The minimum absolute atomic E-state index is 0.00738. The zero-order valence-corrected chi connectivity index (χ0v) is 16.5. The molecule has 7 heteroatoms. The van der Waals surface area contributed by atoms with E-state index in [-0.39, 0.29) is 35.6 Å². The minimum atomic E-state index is -0.435. The van der Waals surface area contributed by atoms with Crippen LogP contribution in [0.4, 0.5) is 5.95 Å². The largest absolute Gasteiger partial charge is 0.371 e. The lowest BCUT2D eigenvalue weighted by atomic mass is 9.92. The molecule has 3 heterocycles. The number of hydrogen-bond acceptors (Lipinski definition) is 6. The number of fused-ring (bicyclic) bond motifs is 1. The lowest BCUT2D eigenvalue weighted by Gasteiger charge is -2.23. The molecule has 2 saturated heterocycles. The second-order valence-corrected chi connectivity index (χ2v) is 9.19. The summed E-state index contributed by atoms with van der Waals surface area (Å²) in [7, 11) is 0. The van der Waals surface area contributed by atoms with E-state index in [9.17, 15) is 4.79 Å². The molecule has 0 saturated carbocycles. The van der Waals surface area contributed by atoms with E-state index in [2.05, 4.69) is 41.4 Å². The fourth-order valence-electron chi connectivity index (χ4n) is 3.14. The predicted octanol–water partition coefficient (Wildman–Crippen LogP) is 1.88. The summed E-state index contributed by atoms with van der Waals surface area (Å²) in [5.41, 5.74) is 0.503. The molecule has 0 radical (unpaired) electrons. The number of rotatable bonds is 3. The summed E-state index contributed by atoms with van der Waals surface area (Å²) < 4.78 is 11.9. The Labute approximate surface area is 155 Å². The normalized spacial score (nSPS) is 28.7. The van der Waals surface area contributed by atoms with Crippen LogP contribution in [0.2, 0.25) is 0 Å². The Balaban J connectivity index is 1.64. The predicted molar refractivity (Wildman–Crippen MR) is 99.0 cm³/mol. The molecule has 3 rings (SSSR count). The lowest BCUT2D eigenvalue weighted by Crippen LogP contribution is -2.48. The number of hydrogen-bond donors (Lipinski definition) is 2. The van der Waals surface area contributed by atoms with Crippen molar-refractivity contribution in [2.75, 3.05) is 18.5 Å². The van der Waals surface area contributed by atoms with Gasteiger partial charge >= 0.3 is 0 Å². The van der Waals surface area contributed by atoms with Gasteiger partial charge in [0.05, 0.1) is 31.0 Å². The van der Waals surface area contributed by atoms with Gasteiger partial charge in [-0.1, -0.05) is 41.5 Å². The molecule has 7 nitrogen and oxygen atoms in total. The van der Waals surface area contributed by atoms with Crippen LogP contribution in [0.15, 0.2) is 12.3 Å². The summed E-state index contributed by atoms with van der Waals surface area (Å²) in [5, 5.41) is 6.40. The molecule has 2 fully saturated rings. The van der Waals surface area contributed by atoms with Crippen molar-refractivity contribution in [1.29, 1.82) is 0 Å². The third-order valence-corrected chi connectivity index (χ3v) is 4.79. The number of ether oxygens (including phenoxy) is 2. The van der Waals surface area contributed by atoms with E-state index >= 15 is 0 Å². The third kappa shape index (κ3) is 3.99. The van der Waals surface area contributed by atoms with Gasteiger partial charge in [0.25, 0.3) is 0 Å². The number of nitrogens with one attached hydrogen (secondary N) is 2. The monoisotopic (exact) mass is 362 g/mol. The van der Waals surface area contributed by atoms with Crippen LogP contribution in [-0.4, -0.2) is 53.4 Å². The van der Waals surface area contributed by atoms with Crippen LogP contribution < -0.4 is 10.6 Å². The van der Waals surface area contributed by atoms with Crippen LogP contribution in [0.3, 0.4) is 0 Å². The summed E-state index contributed by atoms with van der Waals surface area (Å²) in [6, 6.07) is 1.77. The minimum Gasteiger partial charge on any atom is -0.371 e. The zero-order valence-electron chi connectivity index (χ0n) is 16.5. The molecule has 2 aliphatic rings. The Morgan fingerprint density at radius 2 is 1.69 bits per heavy atom. The lowest BCUT2D eigenvalue weighted by molar-refractivity contribution is -0.129. The molecular formula is C19H30N4O3. The summed E-state index contributed by atoms with van der Waals surface area (Å²) >= 11 is 0. The average molecular weight is 362 g/mol. The number of carbonyl (C=O) groups excluding carboxylic acids is 1. The van der Waals surface area contributed by atoms with Crippen molar-refractivity contribution in [1.82, 2.24) is 15.3 Å². The molecule has 0 spiro atoms. The smallest absolute Gasteiger partial charge is 0.225 e. The molecule has 2 aliphatic heterocycles. The number of aromatic nitrogens is 2. The Morgan fingerprint density at radius 3 is 2.31 bits per heavy atom. The SMILES string of the molecule is CC(C)(C)C(=O)N[C@H]1CO[C@H]2[C@@H]1OC[C@@H]2Nc1nccc(C(C)(C)C)n1. The first-order valence-electron chi connectivity index (χ1n) is 9.20. The molecule has 0 aliphatic carbocycles. The number of amides is 1. The summed E-state index contributed by atoms with van der Waals surface area (Å²) in [5.74, 6) is 0.588. The molecular weight excluding hydrogens is 332 g/mol. The topological polar surface area (TPSA) is 85.4 Å². The zero-order chi connectivity index (χ0) is 19.1. The van der Waals surface area contributed by atoms with Crippen molar-refractivity contribution in [2.45, 2.75) is 71.2 Å². The van der Waals surface area contributed by atoms with Crippen molar-refractivity contribution in [3.8, 4) is 0 Å². The first kappa shape index (κ1) is 19.0. The quantitative estimate of drug-likeness (QED) is 0.854. The first-order chi connectivity index (χ1) is 12.1. The second-order valence-electron chi connectivity index (χ2n) is 9.19. The Bertz CT molecular complexity index is 665. The highest BCUT2D eigenvalue weighted by atomic mass is 16.6. The van der Waals surface area contributed by atoms with Crippen molar-refractivity contribution < 1.29 is 14.3 Å². The first-order valence-corrected chi connectivity index (χ1v) is 9.20. The van der Waals surface area contributed by atoms with E-state index in [1.165, 1.54) is 0 Å². The van der Waals surface area contributed by atoms with Gasteiger partial charge in [0.15, 0.2) is 0 Å². The molecule has 0 aromatic carbocycles. The van der Waals surface area contributed by atoms with Gasteiger partial charge in [-0.3, -0.25) is 4.79 Å². The van der Waals surface area contributed by atoms with Crippen LogP contribution >= 0.6 is 0 Å². The van der Waals surface area contributed by atoms with Gasteiger partial charge in [0.1, 0.15) is 12.2 Å². The maximum absolute atomic E-state index is 12.3.